The predicted octanol–water partition coefficient (Wildman–Crippen LogP) is 1.57. The second-order valence-electron chi connectivity index (χ2n) is 4.39. The smallest absolute Gasteiger partial charge is 0.143 e. The molecule has 0 aromatic heterocycles. The summed E-state index contributed by atoms with van der Waals surface area (Å²) < 4.78 is 13.2. The molecule has 0 saturated heterocycles. The Morgan fingerprint density at radius 1 is 1.65 bits per heavy atom. The highest BCUT2D eigenvalue weighted by Gasteiger charge is 2.22. The van der Waals surface area contributed by atoms with Crippen molar-refractivity contribution >= 4 is 11.5 Å². The van der Waals surface area contributed by atoms with E-state index < -0.39 is 0 Å². The molecule has 1 atom stereocenters. The number of hydrogen-bond donors (Lipinski definition) is 2. The van der Waals surface area contributed by atoms with Gasteiger partial charge in [-0.3, -0.25) is 0 Å². The van der Waals surface area contributed by atoms with E-state index >= 15 is 0 Å². The standard InChI is InChI=1S/C12H16FN3O/c1-8(12(14)15-17)7-16-5-4-9-2-3-10(13)6-11(9)16/h2-3,6,8,17H,4-5,7H2,1H3,(H2,14,15). The van der Waals surface area contributed by atoms with Crippen LogP contribution in [-0.2, 0) is 6.42 Å². The van der Waals surface area contributed by atoms with E-state index in [-0.39, 0.29) is 17.6 Å². The molecule has 1 aliphatic rings. The van der Waals surface area contributed by atoms with Crippen LogP contribution in [-0.4, -0.2) is 24.1 Å². The monoisotopic (exact) mass is 237 g/mol. The maximum Gasteiger partial charge on any atom is 0.143 e. The summed E-state index contributed by atoms with van der Waals surface area (Å²) in [6.07, 6.45) is 0.915. The van der Waals surface area contributed by atoms with E-state index in [1.165, 1.54) is 6.07 Å². The average molecular weight is 237 g/mol. The highest BCUT2D eigenvalue weighted by molar-refractivity contribution is 5.82. The lowest BCUT2D eigenvalue weighted by Crippen LogP contribution is -2.34. The molecule has 0 spiro atoms. The zero-order valence-electron chi connectivity index (χ0n) is 9.73. The Hall–Kier alpha value is -1.78. The zero-order chi connectivity index (χ0) is 12.4. The number of amidine groups is 1. The minimum absolute atomic E-state index is 0.0609. The lowest BCUT2D eigenvalue weighted by atomic mass is 10.1. The van der Waals surface area contributed by atoms with E-state index in [1.54, 1.807) is 6.07 Å². The van der Waals surface area contributed by atoms with Crippen LogP contribution in [0.1, 0.15) is 12.5 Å². The van der Waals surface area contributed by atoms with Crippen molar-refractivity contribution in [3.8, 4) is 0 Å². The van der Waals surface area contributed by atoms with Gasteiger partial charge < -0.3 is 15.8 Å². The molecule has 1 heterocycles. The molecule has 4 nitrogen and oxygen atoms in total. The summed E-state index contributed by atoms with van der Waals surface area (Å²) in [5.74, 6) is -0.0869. The third-order valence-electron chi connectivity index (χ3n) is 3.15. The summed E-state index contributed by atoms with van der Waals surface area (Å²) >= 11 is 0. The van der Waals surface area contributed by atoms with Crippen molar-refractivity contribution in [2.24, 2.45) is 16.8 Å². The van der Waals surface area contributed by atoms with Gasteiger partial charge >= 0.3 is 0 Å². The van der Waals surface area contributed by atoms with Crippen LogP contribution in [0, 0.1) is 11.7 Å². The van der Waals surface area contributed by atoms with Crippen LogP contribution in [0.2, 0.25) is 0 Å². The topological polar surface area (TPSA) is 61.8 Å². The van der Waals surface area contributed by atoms with Gasteiger partial charge in [0.1, 0.15) is 11.7 Å². The highest BCUT2D eigenvalue weighted by atomic mass is 19.1. The molecule has 0 aliphatic carbocycles. The minimum Gasteiger partial charge on any atom is -0.409 e. The van der Waals surface area contributed by atoms with E-state index in [1.807, 2.05) is 13.0 Å². The van der Waals surface area contributed by atoms with Crippen LogP contribution in [0.3, 0.4) is 0 Å². The van der Waals surface area contributed by atoms with Gasteiger partial charge in [-0.1, -0.05) is 18.1 Å². The molecule has 3 N–H and O–H groups in total. The fraction of sp³-hybridized carbons (Fsp3) is 0.417. The Morgan fingerprint density at radius 2 is 2.41 bits per heavy atom. The summed E-state index contributed by atoms with van der Waals surface area (Å²) in [5.41, 5.74) is 7.61. The largest absolute Gasteiger partial charge is 0.409 e. The van der Waals surface area contributed by atoms with Crippen molar-refractivity contribution in [2.75, 3.05) is 18.0 Å². The van der Waals surface area contributed by atoms with Crippen LogP contribution in [0.25, 0.3) is 0 Å². The summed E-state index contributed by atoms with van der Waals surface area (Å²) in [7, 11) is 0. The summed E-state index contributed by atoms with van der Waals surface area (Å²) in [6.45, 7) is 3.36. The molecule has 1 aliphatic heterocycles. The third-order valence-corrected chi connectivity index (χ3v) is 3.15. The quantitative estimate of drug-likeness (QED) is 0.363. The van der Waals surface area contributed by atoms with E-state index in [0.29, 0.717) is 6.54 Å². The highest BCUT2D eigenvalue weighted by Crippen LogP contribution is 2.29. The number of hydrogen-bond acceptors (Lipinski definition) is 3. The number of nitrogens with zero attached hydrogens (tertiary/aromatic N) is 2. The van der Waals surface area contributed by atoms with Crippen LogP contribution >= 0.6 is 0 Å². The number of halogens is 1. The first-order valence-corrected chi connectivity index (χ1v) is 5.62. The van der Waals surface area contributed by atoms with Gasteiger partial charge in [0.2, 0.25) is 0 Å². The minimum atomic E-state index is -0.230. The fourth-order valence-electron chi connectivity index (χ4n) is 2.13. The molecule has 1 aromatic carbocycles. The molecular formula is C12H16FN3O. The van der Waals surface area contributed by atoms with E-state index in [2.05, 4.69) is 10.1 Å². The van der Waals surface area contributed by atoms with Crippen molar-refractivity contribution in [2.45, 2.75) is 13.3 Å². The average Bonchev–Trinajstić information content (AvgIpc) is 2.71. The van der Waals surface area contributed by atoms with Gasteiger partial charge in [-0.15, -0.1) is 0 Å². The molecule has 92 valence electrons. The van der Waals surface area contributed by atoms with Gasteiger partial charge in [-0.25, -0.2) is 4.39 Å². The molecule has 1 aromatic rings. The third kappa shape index (κ3) is 2.33. The number of benzene rings is 1. The molecule has 0 bridgehead atoms. The molecule has 0 amide bonds. The second-order valence-corrected chi connectivity index (χ2v) is 4.39. The normalized spacial score (nSPS) is 17.1. The van der Waals surface area contributed by atoms with Crippen molar-refractivity contribution in [1.82, 2.24) is 0 Å². The maximum absolute atomic E-state index is 13.2. The number of anilines is 1. The lowest BCUT2D eigenvalue weighted by Gasteiger charge is -2.22. The van der Waals surface area contributed by atoms with Crippen molar-refractivity contribution in [1.29, 1.82) is 0 Å². The summed E-state index contributed by atoms with van der Waals surface area (Å²) in [6, 6.07) is 4.84. The maximum atomic E-state index is 13.2. The van der Waals surface area contributed by atoms with Gasteiger partial charge in [-0.05, 0) is 24.1 Å². The first kappa shape index (κ1) is 11.7. The van der Waals surface area contributed by atoms with E-state index in [9.17, 15) is 4.39 Å². The van der Waals surface area contributed by atoms with Crippen molar-refractivity contribution in [3.63, 3.8) is 0 Å². The number of oxime groups is 1. The molecule has 0 saturated carbocycles. The van der Waals surface area contributed by atoms with E-state index in [4.69, 9.17) is 10.9 Å². The van der Waals surface area contributed by atoms with Crippen molar-refractivity contribution < 1.29 is 9.60 Å². The Balaban J connectivity index is 2.14. The Labute approximate surface area is 99.5 Å². The van der Waals surface area contributed by atoms with Crippen LogP contribution in [0.15, 0.2) is 23.4 Å². The second kappa shape index (κ2) is 4.61. The summed E-state index contributed by atoms with van der Waals surface area (Å²) in [5, 5.41) is 11.6. The molecule has 1 unspecified atom stereocenters. The summed E-state index contributed by atoms with van der Waals surface area (Å²) in [4.78, 5) is 2.07. The van der Waals surface area contributed by atoms with E-state index in [0.717, 1.165) is 24.2 Å². The number of nitrogens with two attached hydrogens (primary N) is 1. The molecule has 2 rings (SSSR count). The molecule has 0 fully saturated rings. The molecule has 0 radical (unpaired) electrons. The Kier molecular flexibility index (Phi) is 3.17. The SMILES string of the molecule is CC(CN1CCc2ccc(F)cc21)/C(N)=N/O. The molecule has 5 heteroatoms. The van der Waals surface area contributed by atoms with Crippen LogP contribution < -0.4 is 10.6 Å². The van der Waals surface area contributed by atoms with Gasteiger partial charge in [0.25, 0.3) is 0 Å². The first-order chi connectivity index (χ1) is 8.11. The van der Waals surface area contributed by atoms with Gasteiger partial charge in [-0.2, -0.15) is 0 Å². The van der Waals surface area contributed by atoms with Gasteiger partial charge in [0, 0.05) is 24.7 Å². The Morgan fingerprint density at radius 3 is 3.12 bits per heavy atom. The van der Waals surface area contributed by atoms with Crippen molar-refractivity contribution in [3.05, 3.63) is 29.6 Å². The number of rotatable bonds is 3. The Bertz CT molecular complexity index is 447. The molecular weight excluding hydrogens is 221 g/mol. The fourth-order valence-corrected chi connectivity index (χ4v) is 2.13. The van der Waals surface area contributed by atoms with Gasteiger partial charge in [0.05, 0.1) is 0 Å². The number of fused-ring (bicyclic) bond motifs is 1. The zero-order valence-corrected chi connectivity index (χ0v) is 9.73. The van der Waals surface area contributed by atoms with Gasteiger partial charge in [0.15, 0.2) is 0 Å². The lowest BCUT2D eigenvalue weighted by molar-refractivity contribution is 0.314. The molecule has 17 heavy (non-hydrogen) atoms. The predicted molar refractivity (Wildman–Crippen MR) is 64.9 cm³/mol. The van der Waals surface area contributed by atoms with Crippen LogP contribution in [0.4, 0.5) is 10.1 Å². The first-order valence-electron chi connectivity index (χ1n) is 5.62. The van der Waals surface area contributed by atoms with Crippen LogP contribution in [0.5, 0.6) is 0 Å².